The number of nitrogens with one attached hydrogen (secondary N) is 2. The van der Waals surface area contributed by atoms with E-state index in [-0.39, 0.29) is 17.9 Å². The molecule has 0 spiro atoms. The summed E-state index contributed by atoms with van der Waals surface area (Å²) in [5.41, 5.74) is 45.7. The average Bonchev–Trinajstić information content (AvgIpc) is 3.04. The van der Waals surface area contributed by atoms with E-state index in [0.29, 0.717) is 19.6 Å². The maximum atomic E-state index is 5.86. The number of likely N-dealkylation sites (N-methyl/N-ethyl adjacent to an activating group) is 1. The zero-order valence-electron chi connectivity index (χ0n) is 26.7. The first-order valence-electron chi connectivity index (χ1n) is 14.7. The van der Waals surface area contributed by atoms with Gasteiger partial charge in [-0.2, -0.15) is 0 Å². The summed E-state index contributed by atoms with van der Waals surface area (Å²) in [7, 11) is 1.92. The number of rotatable bonds is 14. The summed E-state index contributed by atoms with van der Waals surface area (Å²) in [5.74, 6) is 0.173. The molecule has 246 valence electrons. The minimum Gasteiger partial charge on any atom is -0.390 e. The molecule has 0 aromatic heterocycles. The Morgan fingerprint density at radius 1 is 0.574 bits per heavy atom. The second kappa shape index (κ2) is 20.7. The second-order valence-electron chi connectivity index (χ2n) is 9.99. The molecule has 0 saturated carbocycles. The molecule has 0 fully saturated rings. The molecule has 0 aliphatic carbocycles. The van der Waals surface area contributed by atoms with Crippen molar-refractivity contribution in [1.82, 2.24) is 5.32 Å². The molecule has 12 nitrogen and oxygen atoms in total. The molecule has 0 atom stereocenters. The number of hydrogen-bond donors (Lipinski definition) is 9. The van der Waals surface area contributed by atoms with Gasteiger partial charge in [-0.25, -0.2) is 15.0 Å². The molecule has 0 bridgehead atoms. The molecular formula is C35H46N12. The van der Waals surface area contributed by atoms with Crippen molar-refractivity contribution in [3.8, 4) is 22.3 Å². The van der Waals surface area contributed by atoms with Crippen molar-refractivity contribution in [3.63, 3.8) is 0 Å². The van der Waals surface area contributed by atoms with E-state index in [0.717, 1.165) is 57.4 Å². The van der Waals surface area contributed by atoms with Crippen LogP contribution in [0.25, 0.3) is 46.6 Å². The zero-order chi connectivity index (χ0) is 34.4. The first-order chi connectivity index (χ1) is 22.6. The van der Waals surface area contributed by atoms with Crippen LogP contribution in [0.5, 0.6) is 0 Å². The smallest absolute Gasteiger partial charge is 0.186 e. The van der Waals surface area contributed by atoms with E-state index in [1.165, 1.54) is 0 Å². The van der Waals surface area contributed by atoms with Crippen LogP contribution in [-0.2, 0) is 0 Å². The summed E-state index contributed by atoms with van der Waals surface area (Å²) in [5, 5.41) is 9.01. The van der Waals surface area contributed by atoms with E-state index in [9.17, 15) is 0 Å². The summed E-state index contributed by atoms with van der Waals surface area (Å²) in [6.45, 7) is 1.96. The molecule has 12 heteroatoms. The van der Waals surface area contributed by atoms with Gasteiger partial charge >= 0.3 is 0 Å². The topological polar surface area (TPSA) is 255 Å². The van der Waals surface area contributed by atoms with Gasteiger partial charge in [0.15, 0.2) is 17.9 Å². The lowest BCUT2D eigenvalue weighted by molar-refractivity contribution is 0.922. The Morgan fingerprint density at radius 3 is 1.23 bits per heavy atom. The predicted molar refractivity (Wildman–Crippen MR) is 202 cm³/mol. The minimum absolute atomic E-state index is 0.0533. The van der Waals surface area contributed by atoms with E-state index in [1.54, 1.807) is 0 Å². The van der Waals surface area contributed by atoms with E-state index in [1.807, 2.05) is 43.5 Å². The molecule has 0 saturated heterocycles. The fraction of sp³-hybridized carbons (Fsp3) is 0.143. The molecule has 3 aromatic carbocycles. The van der Waals surface area contributed by atoms with Gasteiger partial charge in [-0.3, -0.25) is 5.41 Å². The van der Waals surface area contributed by atoms with Gasteiger partial charge in [-0.1, -0.05) is 66.8 Å². The largest absolute Gasteiger partial charge is 0.390 e. The Hall–Kier alpha value is -6.14. The SMILES string of the molecule is CNC/C=C/c1cc(/C=C/CN=C(N)N)cc(-c2cccc(-c3cc(/C=C/CN=C(N)N)cc(/C=C/CN=C(N)N)c3)c2)c1.N=CN. The number of guanidine groups is 3. The van der Waals surface area contributed by atoms with Gasteiger partial charge < -0.3 is 45.5 Å². The van der Waals surface area contributed by atoms with Gasteiger partial charge in [0, 0.05) is 6.54 Å². The number of nitrogens with two attached hydrogens (primary N) is 7. The summed E-state index contributed by atoms with van der Waals surface area (Å²) in [6, 6.07) is 21.3. The Morgan fingerprint density at radius 2 is 0.915 bits per heavy atom. The third kappa shape index (κ3) is 14.9. The highest BCUT2D eigenvalue weighted by Crippen LogP contribution is 2.30. The normalized spacial score (nSPS) is 11.0. The Balaban J connectivity index is 0.00000246. The van der Waals surface area contributed by atoms with Gasteiger partial charge in [0.1, 0.15) is 0 Å². The Kier molecular flexibility index (Phi) is 16.4. The van der Waals surface area contributed by atoms with Crippen LogP contribution in [0.3, 0.4) is 0 Å². The van der Waals surface area contributed by atoms with Gasteiger partial charge in [0.2, 0.25) is 0 Å². The van der Waals surface area contributed by atoms with E-state index >= 15 is 0 Å². The molecule has 0 aliphatic rings. The maximum Gasteiger partial charge on any atom is 0.186 e. The number of nitrogens with zero attached hydrogens (tertiary/aromatic N) is 3. The quantitative estimate of drug-likeness (QED) is 0.0938. The summed E-state index contributed by atoms with van der Waals surface area (Å²) in [6.07, 6.45) is 16.7. The number of benzene rings is 3. The average molecular weight is 635 g/mol. The van der Waals surface area contributed by atoms with Gasteiger partial charge in [-0.15, -0.1) is 0 Å². The monoisotopic (exact) mass is 634 g/mol. The highest BCUT2D eigenvalue weighted by Gasteiger charge is 2.06. The van der Waals surface area contributed by atoms with Crippen molar-refractivity contribution in [2.24, 2.45) is 55.1 Å². The van der Waals surface area contributed by atoms with Crippen LogP contribution in [0, 0.1) is 5.41 Å². The predicted octanol–water partition coefficient (Wildman–Crippen LogP) is 2.67. The first-order valence-corrected chi connectivity index (χ1v) is 14.7. The molecule has 0 heterocycles. The third-order valence-corrected chi connectivity index (χ3v) is 6.19. The second-order valence-corrected chi connectivity index (χ2v) is 9.99. The maximum absolute atomic E-state index is 5.86. The third-order valence-electron chi connectivity index (χ3n) is 6.19. The van der Waals surface area contributed by atoms with Gasteiger partial charge in [0.05, 0.1) is 26.0 Å². The van der Waals surface area contributed by atoms with Crippen LogP contribution in [0.2, 0.25) is 0 Å². The molecule has 0 radical (unpaired) electrons. The molecule has 16 N–H and O–H groups in total. The highest BCUT2D eigenvalue weighted by molar-refractivity contribution is 5.80. The van der Waals surface area contributed by atoms with E-state index in [4.69, 9.17) is 39.8 Å². The molecule has 3 aromatic rings. The van der Waals surface area contributed by atoms with Crippen LogP contribution in [0.1, 0.15) is 22.3 Å². The van der Waals surface area contributed by atoms with Crippen molar-refractivity contribution in [2.45, 2.75) is 0 Å². The van der Waals surface area contributed by atoms with Crippen LogP contribution in [-0.4, -0.2) is 57.4 Å². The highest BCUT2D eigenvalue weighted by atomic mass is 15.0. The molecule has 0 aliphatic heterocycles. The molecule has 0 amide bonds. The molecule has 0 unspecified atom stereocenters. The van der Waals surface area contributed by atoms with E-state index < -0.39 is 0 Å². The van der Waals surface area contributed by atoms with Crippen molar-refractivity contribution < 1.29 is 0 Å². The Labute approximate surface area is 276 Å². The van der Waals surface area contributed by atoms with Crippen LogP contribution in [0.4, 0.5) is 0 Å². The standard InChI is InChI=1S/C34H42N10.CH4N2/c1-41-13-3-7-24-17-25(8-4-14-42-32(35)36)20-30(19-24)28-11-2-12-29(23-28)31-21-26(9-5-15-43-33(37)38)18-27(22-31)10-6-16-44-34(39)40;2-1-3/h2-12,17-23,41H,13-16H2,1H3,(H4,35,36,42)(H4,37,38,43)(H4,39,40,44);1H,(H3,2,3)/b7-3+,8-4+,9-5+,10-6+;. The minimum atomic E-state index is 0.0533. The van der Waals surface area contributed by atoms with Gasteiger partial charge in [-0.05, 0) is 94.0 Å². The number of hydrogen-bond acceptors (Lipinski definition) is 5. The lowest BCUT2D eigenvalue weighted by Crippen LogP contribution is -2.22. The lowest BCUT2D eigenvalue weighted by atomic mass is 9.94. The van der Waals surface area contributed by atoms with Gasteiger partial charge in [0.25, 0.3) is 0 Å². The van der Waals surface area contributed by atoms with Crippen LogP contribution in [0.15, 0.2) is 99.9 Å². The van der Waals surface area contributed by atoms with Crippen molar-refractivity contribution in [1.29, 1.82) is 5.41 Å². The molecule has 3 rings (SSSR count). The fourth-order valence-electron chi connectivity index (χ4n) is 4.30. The summed E-state index contributed by atoms with van der Waals surface area (Å²) < 4.78 is 0. The lowest BCUT2D eigenvalue weighted by Gasteiger charge is -2.11. The molecule has 47 heavy (non-hydrogen) atoms. The van der Waals surface area contributed by atoms with Crippen molar-refractivity contribution in [3.05, 3.63) is 107 Å². The van der Waals surface area contributed by atoms with Crippen molar-refractivity contribution in [2.75, 3.05) is 33.2 Å². The summed E-state index contributed by atoms with van der Waals surface area (Å²) in [4.78, 5) is 12.1. The van der Waals surface area contributed by atoms with E-state index in [2.05, 4.69) is 98.8 Å². The zero-order valence-corrected chi connectivity index (χ0v) is 26.7. The van der Waals surface area contributed by atoms with Crippen molar-refractivity contribution >= 4 is 48.5 Å². The molecular weight excluding hydrogens is 588 g/mol. The van der Waals surface area contributed by atoms with Crippen LogP contribution >= 0.6 is 0 Å². The Bertz CT molecular complexity index is 1600. The first kappa shape index (κ1) is 37.0. The fourth-order valence-corrected chi connectivity index (χ4v) is 4.30. The summed E-state index contributed by atoms with van der Waals surface area (Å²) >= 11 is 0. The van der Waals surface area contributed by atoms with Crippen LogP contribution < -0.4 is 45.5 Å². The number of aliphatic imine (C=N–C) groups is 3.